The van der Waals surface area contributed by atoms with Crippen LogP contribution in [-0.4, -0.2) is 60.8 Å². The van der Waals surface area contributed by atoms with Crippen LogP contribution in [0.15, 0.2) is 68.8 Å². The molecule has 0 saturated carbocycles. The molecule has 0 spiro atoms. The molecule has 0 aliphatic carbocycles. The molecule has 1 heterocycles. The zero-order valence-corrected chi connectivity index (χ0v) is 26.7. The fourth-order valence-electron chi connectivity index (χ4n) is 5.02. The summed E-state index contributed by atoms with van der Waals surface area (Å²) in [6.45, 7) is 3.70. The number of carbonyl (C=O) groups excluding carboxylic acids is 4. The van der Waals surface area contributed by atoms with E-state index in [0.29, 0.717) is 37.1 Å². The van der Waals surface area contributed by atoms with Crippen LogP contribution in [0.4, 0.5) is 5.69 Å². The highest BCUT2D eigenvalue weighted by atomic mass is 16.4. The van der Waals surface area contributed by atoms with Crippen LogP contribution in [0.1, 0.15) is 50.2 Å². The van der Waals surface area contributed by atoms with E-state index in [2.05, 4.69) is 26.3 Å². The van der Waals surface area contributed by atoms with Gasteiger partial charge in [-0.05, 0) is 68.8 Å². The number of fused-ring (bicyclic) bond motifs is 1. The van der Waals surface area contributed by atoms with Crippen molar-refractivity contribution in [3.05, 3.63) is 76.1 Å². The highest BCUT2D eigenvalue weighted by Crippen LogP contribution is 2.21. The van der Waals surface area contributed by atoms with Crippen LogP contribution >= 0.6 is 0 Å². The van der Waals surface area contributed by atoms with E-state index < -0.39 is 47.4 Å². The molecule has 2 aromatic carbocycles. The van der Waals surface area contributed by atoms with Gasteiger partial charge < -0.3 is 42.9 Å². The summed E-state index contributed by atoms with van der Waals surface area (Å²) in [4.78, 5) is 68.5. The van der Waals surface area contributed by atoms with Gasteiger partial charge in [0.2, 0.25) is 23.6 Å². The summed E-state index contributed by atoms with van der Waals surface area (Å²) in [6.07, 6.45) is 2.12. The van der Waals surface area contributed by atoms with Gasteiger partial charge in [-0.3, -0.25) is 24.2 Å². The van der Waals surface area contributed by atoms with Crippen molar-refractivity contribution in [3.8, 4) is 0 Å². The topological polar surface area (TPSA) is 237 Å². The Morgan fingerprint density at radius 1 is 0.830 bits per heavy atom. The quantitative estimate of drug-likeness (QED) is 0.0476. The molecule has 0 fully saturated rings. The van der Waals surface area contributed by atoms with Crippen LogP contribution in [0.5, 0.6) is 0 Å². The highest BCUT2D eigenvalue weighted by molar-refractivity contribution is 6.00. The summed E-state index contributed by atoms with van der Waals surface area (Å²) in [5, 5.41) is 11.7. The lowest BCUT2D eigenvalue weighted by molar-refractivity contribution is -0.133. The number of hydrogen-bond donors (Lipinski definition) is 7. The van der Waals surface area contributed by atoms with Crippen LogP contribution in [0.25, 0.3) is 11.0 Å². The molecule has 0 aliphatic rings. The van der Waals surface area contributed by atoms with Gasteiger partial charge in [-0.15, -0.1) is 0 Å². The first-order chi connectivity index (χ1) is 22.5. The second-order valence-electron chi connectivity index (χ2n) is 11.2. The van der Waals surface area contributed by atoms with Crippen LogP contribution in [0.3, 0.4) is 0 Å². The molecule has 252 valence electrons. The molecule has 4 amide bonds. The summed E-state index contributed by atoms with van der Waals surface area (Å²) in [5.74, 6) is -2.19. The number of hydrogen-bond acceptors (Lipinski definition) is 8. The minimum Gasteiger partial charge on any atom is -0.423 e. The molecular weight excluding hydrogens is 604 g/mol. The molecule has 14 nitrogen and oxygen atoms in total. The van der Waals surface area contributed by atoms with Crippen molar-refractivity contribution >= 4 is 46.2 Å². The smallest absolute Gasteiger partial charge is 0.336 e. The fourth-order valence-corrected chi connectivity index (χ4v) is 5.02. The summed E-state index contributed by atoms with van der Waals surface area (Å²) in [6, 6.07) is 12.5. The van der Waals surface area contributed by atoms with Gasteiger partial charge in [-0.2, -0.15) is 0 Å². The SMILES string of the molecule is CC(=O)N[C@@H](Cc1ccccc1)C(=O)N[C@@H](CCCN=C(N)N)C(=O)N[C@@H](CCCCN)C(=O)Nc1ccc2c(C)cc(=O)oc2c1. The number of benzene rings is 2. The van der Waals surface area contributed by atoms with E-state index >= 15 is 0 Å². The molecule has 3 atom stereocenters. The lowest BCUT2D eigenvalue weighted by atomic mass is 10.0. The molecule has 0 unspecified atom stereocenters. The van der Waals surface area contributed by atoms with Crippen molar-refractivity contribution in [1.82, 2.24) is 16.0 Å². The number of nitrogens with one attached hydrogen (secondary N) is 4. The third kappa shape index (κ3) is 11.9. The van der Waals surface area contributed by atoms with Crippen molar-refractivity contribution in [2.24, 2.45) is 22.2 Å². The minimum absolute atomic E-state index is 0.108. The zero-order valence-electron chi connectivity index (χ0n) is 26.7. The number of unbranched alkanes of at least 4 members (excludes halogenated alkanes) is 1. The van der Waals surface area contributed by atoms with Gasteiger partial charge in [-0.25, -0.2) is 4.79 Å². The summed E-state index contributed by atoms with van der Waals surface area (Å²) in [7, 11) is 0. The summed E-state index contributed by atoms with van der Waals surface area (Å²) >= 11 is 0. The second kappa shape index (κ2) is 18.0. The molecule has 1 aromatic heterocycles. The Morgan fingerprint density at radius 2 is 1.49 bits per heavy atom. The number of nitrogens with two attached hydrogens (primary N) is 3. The predicted molar refractivity (Wildman–Crippen MR) is 180 cm³/mol. The van der Waals surface area contributed by atoms with E-state index in [-0.39, 0.29) is 31.8 Å². The first kappa shape index (κ1) is 36.2. The Balaban J connectivity index is 1.81. The molecule has 0 saturated heterocycles. The van der Waals surface area contributed by atoms with Gasteiger partial charge in [0.05, 0.1) is 0 Å². The fraction of sp³-hybridized carbons (Fsp3) is 0.394. The lowest BCUT2D eigenvalue weighted by Crippen LogP contribution is -2.56. The Bertz CT molecular complexity index is 1620. The van der Waals surface area contributed by atoms with E-state index in [9.17, 15) is 24.0 Å². The van der Waals surface area contributed by atoms with Crippen LogP contribution in [-0.2, 0) is 25.6 Å². The molecular formula is C33H44N8O6. The van der Waals surface area contributed by atoms with Crippen LogP contribution < -0.4 is 44.1 Å². The lowest BCUT2D eigenvalue weighted by Gasteiger charge is -2.25. The second-order valence-corrected chi connectivity index (χ2v) is 11.2. The van der Waals surface area contributed by atoms with E-state index in [1.54, 1.807) is 25.1 Å². The number of rotatable bonds is 17. The van der Waals surface area contributed by atoms with Gasteiger partial charge >= 0.3 is 5.63 Å². The van der Waals surface area contributed by atoms with Crippen LogP contribution in [0, 0.1) is 6.92 Å². The standard InChI is InChI=1S/C33H44N8O6/c1-20-17-29(43)47-28-19-23(13-14-24(20)28)39-30(44)25(11-6-7-15-34)40-31(45)26(12-8-16-37-33(35)36)41-32(46)27(38-21(2)42)18-22-9-4-3-5-10-22/h3-5,9-10,13-14,17,19,25-27H,6-8,11-12,15-16,18,34H2,1-2H3,(H,38,42)(H,39,44)(H,40,45)(H,41,46)(H4,35,36,37)/t25-,26-,27-/m0/s1. The third-order valence-electron chi connectivity index (χ3n) is 7.35. The number of guanidine groups is 1. The van der Waals surface area contributed by atoms with Gasteiger partial charge in [-0.1, -0.05) is 30.3 Å². The van der Waals surface area contributed by atoms with Crippen molar-refractivity contribution in [3.63, 3.8) is 0 Å². The molecule has 0 bridgehead atoms. The van der Waals surface area contributed by atoms with E-state index in [4.69, 9.17) is 21.6 Å². The van der Waals surface area contributed by atoms with Crippen molar-refractivity contribution < 1.29 is 23.6 Å². The van der Waals surface area contributed by atoms with E-state index in [1.165, 1.54) is 13.0 Å². The molecule has 0 radical (unpaired) electrons. The number of carbonyl (C=O) groups is 4. The van der Waals surface area contributed by atoms with Gasteiger partial charge in [0, 0.05) is 43.1 Å². The highest BCUT2D eigenvalue weighted by Gasteiger charge is 2.29. The largest absolute Gasteiger partial charge is 0.423 e. The Labute approximate surface area is 272 Å². The number of aliphatic imine (C=N–C) groups is 1. The Kier molecular flexibility index (Phi) is 13.9. The normalized spacial score (nSPS) is 12.7. The third-order valence-corrected chi connectivity index (χ3v) is 7.35. The predicted octanol–water partition coefficient (Wildman–Crippen LogP) is 0.940. The molecule has 3 aromatic rings. The van der Waals surface area contributed by atoms with Crippen LogP contribution in [0.2, 0.25) is 0 Å². The van der Waals surface area contributed by atoms with Crippen molar-refractivity contribution in [2.75, 3.05) is 18.4 Å². The maximum absolute atomic E-state index is 13.7. The molecule has 14 heteroatoms. The summed E-state index contributed by atoms with van der Waals surface area (Å²) in [5.41, 5.74) is 18.3. The molecule has 3 rings (SSSR count). The molecule has 0 aliphatic heterocycles. The van der Waals surface area contributed by atoms with E-state index in [1.807, 2.05) is 30.3 Å². The number of aryl methyl sites for hydroxylation is 1. The first-order valence-electron chi connectivity index (χ1n) is 15.5. The van der Waals surface area contributed by atoms with Crippen molar-refractivity contribution in [1.29, 1.82) is 0 Å². The average Bonchev–Trinajstić information content (AvgIpc) is 3.01. The van der Waals surface area contributed by atoms with Gasteiger partial charge in [0.25, 0.3) is 0 Å². The van der Waals surface area contributed by atoms with Gasteiger partial charge in [0.15, 0.2) is 5.96 Å². The zero-order chi connectivity index (χ0) is 34.3. The summed E-state index contributed by atoms with van der Waals surface area (Å²) < 4.78 is 5.30. The maximum atomic E-state index is 13.7. The van der Waals surface area contributed by atoms with E-state index in [0.717, 1.165) is 16.5 Å². The minimum atomic E-state index is -1.08. The Hall–Kier alpha value is -5.24. The van der Waals surface area contributed by atoms with Gasteiger partial charge in [0.1, 0.15) is 23.7 Å². The molecule has 47 heavy (non-hydrogen) atoms. The maximum Gasteiger partial charge on any atom is 0.336 e. The van der Waals surface area contributed by atoms with Crippen molar-refractivity contribution in [2.45, 2.75) is 70.5 Å². The number of amides is 4. The molecule has 10 N–H and O–H groups in total. The average molecular weight is 649 g/mol. The number of anilines is 1. The Morgan fingerprint density at radius 3 is 2.15 bits per heavy atom. The number of nitrogens with zero attached hydrogens (tertiary/aromatic N) is 1. The first-order valence-corrected chi connectivity index (χ1v) is 15.5. The monoisotopic (exact) mass is 648 g/mol.